The zero-order valence-corrected chi connectivity index (χ0v) is 18.9. The van der Waals surface area contributed by atoms with E-state index in [2.05, 4.69) is 11.4 Å². The molecular weight excluding hydrogens is 434 g/mol. The molecule has 3 aliphatic heterocycles. The predicted molar refractivity (Wildman–Crippen MR) is 123 cm³/mol. The maximum absolute atomic E-state index is 12.9. The number of hydrogen-bond donors (Lipinski definition) is 1. The van der Waals surface area contributed by atoms with Gasteiger partial charge in [0, 0.05) is 31.6 Å². The van der Waals surface area contributed by atoms with E-state index >= 15 is 0 Å². The molecule has 2 fully saturated rings. The Balaban J connectivity index is 1.18. The Labute approximate surface area is 197 Å². The highest BCUT2D eigenvalue weighted by Gasteiger charge is 2.39. The van der Waals surface area contributed by atoms with E-state index in [1.54, 1.807) is 9.80 Å². The summed E-state index contributed by atoms with van der Waals surface area (Å²) in [6.45, 7) is 1.88. The number of ether oxygens (including phenoxy) is 1. The highest BCUT2D eigenvalue weighted by Crippen LogP contribution is 2.33. The third kappa shape index (κ3) is 4.40. The quantitative estimate of drug-likeness (QED) is 0.707. The molecule has 5 rings (SSSR count). The molecule has 3 heterocycles. The third-order valence-corrected chi connectivity index (χ3v) is 6.98. The SMILES string of the molecule is O=C1CCC(N2Cc3cc(C4CCN(C(=O)OCc5ccccc5)CC4)ccc3C2=O)C(=O)N1. The fraction of sp³-hybridized carbons (Fsp3) is 0.385. The van der Waals surface area contributed by atoms with Crippen LogP contribution in [0.15, 0.2) is 48.5 Å². The second kappa shape index (κ2) is 9.29. The number of carbonyl (C=O) groups excluding carboxylic acids is 4. The Kier molecular flexibility index (Phi) is 6.04. The molecule has 34 heavy (non-hydrogen) atoms. The summed E-state index contributed by atoms with van der Waals surface area (Å²) in [6, 6.07) is 14.9. The van der Waals surface area contributed by atoms with Gasteiger partial charge in [0.05, 0.1) is 0 Å². The number of hydrogen-bond acceptors (Lipinski definition) is 5. The van der Waals surface area contributed by atoms with Crippen LogP contribution in [0.3, 0.4) is 0 Å². The summed E-state index contributed by atoms with van der Waals surface area (Å²) in [4.78, 5) is 52.4. The smallest absolute Gasteiger partial charge is 0.410 e. The van der Waals surface area contributed by atoms with Crippen LogP contribution in [0.5, 0.6) is 0 Å². The summed E-state index contributed by atoms with van der Waals surface area (Å²) in [5.41, 5.74) is 3.64. The minimum Gasteiger partial charge on any atom is -0.445 e. The molecule has 0 bridgehead atoms. The van der Waals surface area contributed by atoms with Crippen molar-refractivity contribution in [1.29, 1.82) is 0 Å². The number of carbonyl (C=O) groups is 4. The Bertz CT molecular complexity index is 1120. The normalized spacial score (nSPS) is 20.8. The molecule has 176 valence electrons. The van der Waals surface area contributed by atoms with Crippen molar-refractivity contribution in [3.05, 3.63) is 70.8 Å². The maximum atomic E-state index is 12.9. The number of nitrogens with zero attached hydrogens (tertiary/aromatic N) is 2. The van der Waals surface area contributed by atoms with Gasteiger partial charge in [0.25, 0.3) is 5.91 Å². The van der Waals surface area contributed by atoms with Crippen LogP contribution in [-0.4, -0.2) is 52.7 Å². The van der Waals surface area contributed by atoms with Gasteiger partial charge in [-0.25, -0.2) is 4.79 Å². The van der Waals surface area contributed by atoms with E-state index in [4.69, 9.17) is 4.74 Å². The fourth-order valence-electron chi connectivity index (χ4n) is 5.05. The van der Waals surface area contributed by atoms with Gasteiger partial charge in [-0.05, 0) is 47.9 Å². The molecular formula is C26H27N3O5. The lowest BCUT2D eigenvalue weighted by Crippen LogP contribution is -2.52. The topological polar surface area (TPSA) is 96.0 Å². The summed E-state index contributed by atoms with van der Waals surface area (Å²) >= 11 is 0. The van der Waals surface area contributed by atoms with Gasteiger partial charge < -0.3 is 14.5 Å². The van der Waals surface area contributed by atoms with Gasteiger partial charge in [-0.2, -0.15) is 0 Å². The number of piperidine rings is 2. The lowest BCUT2D eigenvalue weighted by Gasteiger charge is -2.31. The lowest BCUT2D eigenvalue weighted by molar-refractivity contribution is -0.136. The average Bonchev–Trinajstić information content (AvgIpc) is 3.18. The van der Waals surface area contributed by atoms with Gasteiger partial charge in [0.1, 0.15) is 12.6 Å². The van der Waals surface area contributed by atoms with E-state index in [1.807, 2.05) is 42.5 Å². The molecule has 0 spiro atoms. The van der Waals surface area contributed by atoms with Crippen LogP contribution >= 0.6 is 0 Å². The molecule has 0 radical (unpaired) electrons. The minimum atomic E-state index is -0.605. The number of fused-ring (bicyclic) bond motifs is 1. The molecule has 1 unspecified atom stereocenters. The van der Waals surface area contributed by atoms with Crippen LogP contribution in [0.4, 0.5) is 4.79 Å². The molecule has 2 aromatic carbocycles. The van der Waals surface area contributed by atoms with Crippen molar-refractivity contribution in [2.45, 2.75) is 50.8 Å². The van der Waals surface area contributed by atoms with Crippen molar-refractivity contribution < 1.29 is 23.9 Å². The molecule has 0 aliphatic carbocycles. The molecule has 0 saturated carbocycles. The van der Waals surface area contributed by atoms with Gasteiger partial charge >= 0.3 is 6.09 Å². The Morgan fingerprint density at radius 2 is 1.76 bits per heavy atom. The number of likely N-dealkylation sites (tertiary alicyclic amines) is 1. The summed E-state index contributed by atoms with van der Waals surface area (Å²) in [5.74, 6) is -0.553. The molecule has 8 nitrogen and oxygen atoms in total. The van der Waals surface area contributed by atoms with Crippen molar-refractivity contribution in [1.82, 2.24) is 15.1 Å². The molecule has 4 amide bonds. The van der Waals surface area contributed by atoms with Crippen molar-refractivity contribution in [3.8, 4) is 0 Å². The van der Waals surface area contributed by atoms with Crippen LogP contribution in [0, 0.1) is 0 Å². The maximum Gasteiger partial charge on any atom is 0.410 e. The average molecular weight is 462 g/mol. The summed E-state index contributed by atoms with van der Waals surface area (Å²) < 4.78 is 5.46. The van der Waals surface area contributed by atoms with E-state index in [1.165, 1.54) is 0 Å². The van der Waals surface area contributed by atoms with Crippen molar-refractivity contribution >= 4 is 23.8 Å². The number of benzene rings is 2. The Hall–Kier alpha value is -3.68. The molecule has 1 N–H and O–H groups in total. The van der Waals surface area contributed by atoms with Gasteiger partial charge in [-0.3, -0.25) is 19.7 Å². The van der Waals surface area contributed by atoms with E-state index < -0.39 is 11.9 Å². The molecule has 2 saturated heterocycles. The minimum absolute atomic E-state index is 0.160. The van der Waals surface area contributed by atoms with E-state index in [0.29, 0.717) is 37.5 Å². The third-order valence-electron chi connectivity index (χ3n) is 6.98. The van der Waals surface area contributed by atoms with Gasteiger partial charge in [-0.15, -0.1) is 0 Å². The van der Waals surface area contributed by atoms with Gasteiger partial charge in [-0.1, -0.05) is 42.5 Å². The Morgan fingerprint density at radius 3 is 2.50 bits per heavy atom. The van der Waals surface area contributed by atoms with Crippen LogP contribution in [0.25, 0.3) is 0 Å². The van der Waals surface area contributed by atoms with Gasteiger partial charge in [0.2, 0.25) is 11.8 Å². The van der Waals surface area contributed by atoms with E-state index in [-0.39, 0.29) is 30.9 Å². The predicted octanol–water partition coefficient (Wildman–Crippen LogP) is 2.96. The first-order valence-electron chi connectivity index (χ1n) is 11.7. The van der Waals surface area contributed by atoms with Crippen molar-refractivity contribution in [3.63, 3.8) is 0 Å². The summed E-state index contributed by atoms with van der Waals surface area (Å²) in [7, 11) is 0. The zero-order valence-electron chi connectivity index (χ0n) is 18.9. The molecule has 2 aromatic rings. The van der Waals surface area contributed by atoms with Gasteiger partial charge in [0.15, 0.2) is 0 Å². The summed E-state index contributed by atoms with van der Waals surface area (Å²) in [5, 5.41) is 2.33. The first-order chi connectivity index (χ1) is 16.5. The first kappa shape index (κ1) is 22.1. The second-order valence-electron chi connectivity index (χ2n) is 9.12. The first-order valence-corrected chi connectivity index (χ1v) is 11.7. The van der Waals surface area contributed by atoms with E-state index in [0.717, 1.165) is 29.5 Å². The van der Waals surface area contributed by atoms with Crippen molar-refractivity contribution in [2.75, 3.05) is 13.1 Å². The largest absolute Gasteiger partial charge is 0.445 e. The fourth-order valence-corrected chi connectivity index (χ4v) is 5.05. The summed E-state index contributed by atoms with van der Waals surface area (Å²) in [6.07, 6.45) is 1.96. The second-order valence-corrected chi connectivity index (χ2v) is 9.12. The zero-order chi connectivity index (χ0) is 23.7. The number of imide groups is 1. The number of rotatable bonds is 4. The van der Waals surface area contributed by atoms with E-state index in [9.17, 15) is 19.2 Å². The monoisotopic (exact) mass is 461 g/mol. The number of nitrogens with one attached hydrogen (secondary N) is 1. The standard InChI is InChI=1S/C26H27N3O5/c30-23-9-8-22(24(31)27-23)29-15-20-14-19(6-7-21(20)25(29)32)18-10-12-28(13-11-18)26(33)34-16-17-4-2-1-3-5-17/h1-7,14,18,22H,8-13,15-16H2,(H,27,30,31). The lowest BCUT2D eigenvalue weighted by atomic mass is 9.88. The van der Waals surface area contributed by atoms with Crippen LogP contribution in [-0.2, 0) is 27.5 Å². The highest BCUT2D eigenvalue weighted by molar-refractivity contribution is 6.05. The van der Waals surface area contributed by atoms with Crippen LogP contribution in [0.1, 0.15) is 58.6 Å². The molecule has 1 atom stereocenters. The number of amides is 4. The van der Waals surface area contributed by atoms with Crippen LogP contribution in [0.2, 0.25) is 0 Å². The highest BCUT2D eigenvalue weighted by atomic mass is 16.6. The Morgan fingerprint density at radius 1 is 1.00 bits per heavy atom. The molecule has 0 aromatic heterocycles. The molecule has 8 heteroatoms. The van der Waals surface area contributed by atoms with Crippen LogP contribution < -0.4 is 5.32 Å². The van der Waals surface area contributed by atoms with Crippen molar-refractivity contribution in [2.24, 2.45) is 0 Å². The molecule has 3 aliphatic rings.